The predicted octanol–water partition coefficient (Wildman–Crippen LogP) is 4.92. The Morgan fingerprint density at radius 3 is 2.04 bits per heavy atom. The lowest BCUT2D eigenvalue weighted by molar-refractivity contribution is -0.152. The number of nitrogens with zero attached hydrogens (tertiary/aromatic N) is 1. The number of aliphatic carboxylic acids is 1. The number of hydrogen-bond donors (Lipinski definition) is 1. The fraction of sp³-hybridized carbons (Fsp3) is 0.222. The van der Waals surface area contributed by atoms with Gasteiger partial charge in [0, 0.05) is 12.6 Å². The first kappa shape index (κ1) is 19.1. The van der Waals surface area contributed by atoms with Crippen LogP contribution in [0.15, 0.2) is 42.5 Å². The molecule has 132 valence electrons. The van der Waals surface area contributed by atoms with Gasteiger partial charge >= 0.3 is 5.97 Å². The highest BCUT2D eigenvalue weighted by Gasteiger charge is 2.29. The summed E-state index contributed by atoms with van der Waals surface area (Å²) in [5, 5.41) is 9.85. The molecule has 0 aliphatic rings. The third kappa shape index (κ3) is 4.44. The fourth-order valence-corrected chi connectivity index (χ4v) is 2.43. The van der Waals surface area contributed by atoms with Crippen LogP contribution in [0.2, 0.25) is 10.0 Å². The molecule has 25 heavy (non-hydrogen) atoms. The summed E-state index contributed by atoms with van der Waals surface area (Å²) in [4.78, 5) is 24.7. The molecule has 0 radical (unpaired) electrons. The number of carboxylic acids is 1. The number of rotatable bonds is 5. The van der Waals surface area contributed by atoms with E-state index in [1.807, 2.05) is 0 Å². The number of benzene rings is 2. The lowest BCUT2D eigenvalue weighted by atomic mass is 10.1. The first-order valence-electron chi connectivity index (χ1n) is 7.40. The zero-order chi connectivity index (χ0) is 18.8. The molecular formula is C18H17Cl2NO4. The van der Waals surface area contributed by atoms with Crippen LogP contribution in [0, 0.1) is 0 Å². The van der Waals surface area contributed by atoms with Gasteiger partial charge in [-0.2, -0.15) is 0 Å². The molecule has 0 atom stereocenters. The molecule has 1 N–H and O–H groups in total. The quantitative estimate of drug-likeness (QED) is 0.797. The summed E-state index contributed by atoms with van der Waals surface area (Å²) in [5.41, 5.74) is -0.196. The van der Waals surface area contributed by atoms with Gasteiger partial charge in [-0.15, -0.1) is 0 Å². The van der Waals surface area contributed by atoms with E-state index < -0.39 is 11.6 Å². The zero-order valence-corrected chi connectivity index (χ0v) is 15.4. The molecule has 2 rings (SSSR count). The van der Waals surface area contributed by atoms with E-state index in [9.17, 15) is 9.59 Å². The molecule has 7 heteroatoms. The zero-order valence-electron chi connectivity index (χ0n) is 13.9. The summed E-state index contributed by atoms with van der Waals surface area (Å²) in [5.74, 6) is -0.899. The standard InChI is InChI=1S/C18H17Cl2NO4/c1-11(22)21(13-6-9-15(19)16(20)10-13)12-4-7-14(8-5-12)25-18(2,3)17(23)24/h4-10H,1-3H3,(H,23,24). The van der Waals surface area contributed by atoms with Gasteiger partial charge in [0.1, 0.15) is 5.75 Å². The summed E-state index contributed by atoms with van der Waals surface area (Å²) in [6, 6.07) is 11.4. The molecule has 0 aromatic heterocycles. The van der Waals surface area contributed by atoms with E-state index in [2.05, 4.69) is 0 Å². The van der Waals surface area contributed by atoms with Crippen LogP contribution in [0.1, 0.15) is 20.8 Å². The first-order valence-corrected chi connectivity index (χ1v) is 8.15. The number of ether oxygens (including phenoxy) is 1. The van der Waals surface area contributed by atoms with Crippen LogP contribution in [0.5, 0.6) is 5.75 Å². The Morgan fingerprint density at radius 2 is 1.56 bits per heavy atom. The highest BCUT2D eigenvalue weighted by Crippen LogP contribution is 2.32. The van der Waals surface area contributed by atoms with Gasteiger partial charge in [0.05, 0.1) is 15.7 Å². The number of carbonyl (C=O) groups excluding carboxylic acids is 1. The smallest absolute Gasteiger partial charge is 0.347 e. The number of carboxylic acid groups (broad SMARTS) is 1. The van der Waals surface area contributed by atoms with Crippen molar-refractivity contribution in [2.75, 3.05) is 4.90 Å². The first-order chi connectivity index (χ1) is 11.6. The van der Waals surface area contributed by atoms with Crippen molar-refractivity contribution in [1.29, 1.82) is 0 Å². The molecule has 0 fully saturated rings. The second-order valence-electron chi connectivity index (χ2n) is 5.86. The van der Waals surface area contributed by atoms with Crippen LogP contribution in [0.3, 0.4) is 0 Å². The molecule has 2 aromatic carbocycles. The summed E-state index contributed by atoms with van der Waals surface area (Å²) in [7, 11) is 0. The van der Waals surface area contributed by atoms with E-state index in [-0.39, 0.29) is 5.91 Å². The Balaban J connectivity index is 2.32. The van der Waals surface area contributed by atoms with E-state index in [0.29, 0.717) is 27.2 Å². The largest absolute Gasteiger partial charge is 0.478 e. The normalized spacial score (nSPS) is 11.1. The Hall–Kier alpha value is -2.24. The molecule has 0 unspecified atom stereocenters. The van der Waals surface area contributed by atoms with Crippen molar-refractivity contribution in [3.8, 4) is 5.75 Å². The van der Waals surface area contributed by atoms with Gasteiger partial charge in [-0.25, -0.2) is 4.79 Å². The highest BCUT2D eigenvalue weighted by molar-refractivity contribution is 6.42. The van der Waals surface area contributed by atoms with Crippen LogP contribution in [-0.2, 0) is 9.59 Å². The van der Waals surface area contributed by atoms with Crippen LogP contribution < -0.4 is 9.64 Å². The number of halogens is 2. The molecule has 0 bridgehead atoms. The van der Waals surface area contributed by atoms with Crippen molar-refractivity contribution in [3.05, 3.63) is 52.5 Å². The Kier molecular flexibility index (Phi) is 5.60. The molecule has 1 amide bonds. The van der Waals surface area contributed by atoms with Gasteiger partial charge in [-0.1, -0.05) is 23.2 Å². The third-order valence-electron chi connectivity index (χ3n) is 3.46. The van der Waals surface area contributed by atoms with Crippen molar-refractivity contribution in [1.82, 2.24) is 0 Å². The SMILES string of the molecule is CC(=O)N(c1ccc(OC(C)(C)C(=O)O)cc1)c1ccc(Cl)c(Cl)c1. The minimum absolute atomic E-state index is 0.210. The lowest BCUT2D eigenvalue weighted by Gasteiger charge is -2.24. The second-order valence-corrected chi connectivity index (χ2v) is 6.68. The van der Waals surface area contributed by atoms with Gasteiger partial charge < -0.3 is 9.84 Å². The van der Waals surface area contributed by atoms with E-state index in [1.165, 1.54) is 25.7 Å². The van der Waals surface area contributed by atoms with Gasteiger partial charge in [0.25, 0.3) is 0 Å². The van der Waals surface area contributed by atoms with E-state index in [1.54, 1.807) is 42.5 Å². The third-order valence-corrected chi connectivity index (χ3v) is 4.20. The maximum atomic E-state index is 12.1. The number of hydrogen-bond acceptors (Lipinski definition) is 3. The van der Waals surface area contributed by atoms with Crippen LogP contribution in [-0.4, -0.2) is 22.6 Å². The van der Waals surface area contributed by atoms with Gasteiger partial charge in [-0.05, 0) is 56.3 Å². The maximum absolute atomic E-state index is 12.1. The molecule has 0 heterocycles. The number of anilines is 2. The molecule has 0 saturated heterocycles. The van der Waals surface area contributed by atoms with Gasteiger partial charge in [0.2, 0.25) is 5.91 Å². The Morgan fingerprint density at radius 1 is 1.00 bits per heavy atom. The van der Waals surface area contributed by atoms with Crippen molar-refractivity contribution >= 4 is 46.5 Å². The van der Waals surface area contributed by atoms with Crippen molar-refractivity contribution in [2.45, 2.75) is 26.4 Å². The van der Waals surface area contributed by atoms with Crippen molar-refractivity contribution in [3.63, 3.8) is 0 Å². The van der Waals surface area contributed by atoms with E-state index in [4.69, 9.17) is 33.0 Å². The molecule has 0 saturated carbocycles. The molecular weight excluding hydrogens is 365 g/mol. The molecule has 0 aliphatic carbocycles. The Labute approximate surface area is 155 Å². The summed E-state index contributed by atoms with van der Waals surface area (Å²) in [6.45, 7) is 4.35. The van der Waals surface area contributed by atoms with E-state index >= 15 is 0 Å². The van der Waals surface area contributed by atoms with Crippen molar-refractivity contribution in [2.24, 2.45) is 0 Å². The Bertz CT molecular complexity index is 803. The molecule has 5 nitrogen and oxygen atoms in total. The van der Waals surface area contributed by atoms with Crippen LogP contribution in [0.4, 0.5) is 11.4 Å². The van der Waals surface area contributed by atoms with Crippen LogP contribution >= 0.6 is 23.2 Å². The highest BCUT2D eigenvalue weighted by atomic mass is 35.5. The van der Waals surface area contributed by atoms with Gasteiger partial charge in [-0.3, -0.25) is 9.69 Å². The molecule has 2 aromatic rings. The van der Waals surface area contributed by atoms with Crippen LogP contribution in [0.25, 0.3) is 0 Å². The number of carbonyl (C=O) groups is 2. The average molecular weight is 382 g/mol. The molecule has 0 aliphatic heterocycles. The lowest BCUT2D eigenvalue weighted by Crippen LogP contribution is -2.37. The van der Waals surface area contributed by atoms with Gasteiger partial charge in [0.15, 0.2) is 5.60 Å². The summed E-state index contributed by atoms with van der Waals surface area (Å²) >= 11 is 12.0. The predicted molar refractivity (Wildman–Crippen MR) is 98.1 cm³/mol. The maximum Gasteiger partial charge on any atom is 0.347 e. The minimum atomic E-state index is -1.36. The van der Waals surface area contributed by atoms with E-state index in [0.717, 1.165) is 0 Å². The monoisotopic (exact) mass is 381 g/mol. The second kappa shape index (κ2) is 7.33. The number of amides is 1. The van der Waals surface area contributed by atoms with Crippen molar-refractivity contribution < 1.29 is 19.4 Å². The average Bonchev–Trinajstić information content (AvgIpc) is 2.52. The summed E-state index contributed by atoms with van der Waals surface area (Å²) in [6.07, 6.45) is 0. The fourth-order valence-electron chi connectivity index (χ4n) is 2.14. The minimum Gasteiger partial charge on any atom is -0.478 e. The molecule has 0 spiro atoms. The summed E-state index contributed by atoms with van der Waals surface area (Å²) < 4.78 is 5.46. The topological polar surface area (TPSA) is 66.8 Å².